The van der Waals surface area contributed by atoms with Gasteiger partial charge in [0.2, 0.25) is 5.91 Å². The van der Waals surface area contributed by atoms with E-state index in [0.717, 1.165) is 5.56 Å². The summed E-state index contributed by atoms with van der Waals surface area (Å²) in [6, 6.07) is 10.00. The molecule has 1 aliphatic rings. The fourth-order valence-corrected chi connectivity index (χ4v) is 2.66. The van der Waals surface area contributed by atoms with Crippen LogP contribution in [0.2, 0.25) is 10.0 Å². The summed E-state index contributed by atoms with van der Waals surface area (Å²) in [7, 11) is 0. The van der Waals surface area contributed by atoms with E-state index in [1.165, 1.54) is 18.2 Å². The van der Waals surface area contributed by atoms with Crippen molar-refractivity contribution in [1.82, 2.24) is 10.6 Å². The highest BCUT2D eigenvalue weighted by atomic mass is 35.5. The first-order chi connectivity index (χ1) is 12.5. The minimum absolute atomic E-state index is 0.149. The van der Waals surface area contributed by atoms with Crippen LogP contribution < -0.4 is 20.1 Å². The molecule has 0 aliphatic carbocycles. The van der Waals surface area contributed by atoms with Gasteiger partial charge in [0.1, 0.15) is 13.2 Å². The van der Waals surface area contributed by atoms with Crippen LogP contribution in [0.1, 0.15) is 15.9 Å². The topological polar surface area (TPSA) is 76.7 Å². The zero-order chi connectivity index (χ0) is 18.5. The highest BCUT2D eigenvalue weighted by Gasteiger charge is 2.13. The zero-order valence-corrected chi connectivity index (χ0v) is 15.2. The molecule has 0 aromatic heterocycles. The van der Waals surface area contributed by atoms with Gasteiger partial charge in [-0.3, -0.25) is 9.59 Å². The van der Waals surface area contributed by atoms with E-state index in [1.807, 2.05) is 18.2 Å². The van der Waals surface area contributed by atoms with Gasteiger partial charge >= 0.3 is 0 Å². The maximum Gasteiger partial charge on any atom is 0.251 e. The van der Waals surface area contributed by atoms with Crippen LogP contribution in [0.3, 0.4) is 0 Å². The third-order valence-corrected chi connectivity index (χ3v) is 4.43. The molecule has 136 valence electrons. The monoisotopic (exact) mass is 394 g/mol. The third kappa shape index (κ3) is 4.59. The van der Waals surface area contributed by atoms with Crippen molar-refractivity contribution in [1.29, 1.82) is 0 Å². The summed E-state index contributed by atoms with van der Waals surface area (Å²) in [5.74, 6) is 0.641. The number of fused-ring (bicyclic) bond motifs is 1. The lowest BCUT2D eigenvalue weighted by atomic mass is 10.2. The number of benzene rings is 2. The van der Waals surface area contributed by atoms with Crippen molar-refractivity contribution in [2.24, 2.45) is 0 Å². The quantitative estimate of drug-likeness (QED) is 0.817. The SMILES string of the molecule is O=C(CNC(=O)c1ccc(Cl)c(Cl)c1)NCc1ccc2c(c1)OCCO2. The Morgan fingerprint density at radius 3 is 2.46 bits per heavy atom. The number of rotatable bonds is 5. The summed E-state index contributed by atoms with van der Waals surface area (Å²) in [6.07, 6.45) is 0. The Balaban J connectivity index is 1.48. The van der Waals surface area contributed by atoms with Crippen LogP contribution in [-0.2, 0) is 11.3 Å². The number of carbonyl (C=O) groups is 2. The summed E-state index contributed by atoms with van der Waals surface area (Å²) in [5.41, 5.74) is 1.21. The van der Waals surface area contributed by atoms with Gasteiger partial charge < -0.3 is 20.1 Å². The molecule has 1 heterocycles. The molecule has 0 atom stereocenters. The van der Waals surface area contributed by atoms with E-state index in [-0.39, 0.29) is 17.5 Å². The molecule has 6 nitrogen and oxygen atoms in total. The molecule has 26 heavy (non-hydrogen) atoms. The average molecular weight is 395 g/mol. The van der Waals surface area contributed by atoms with E-state index in [4.69, 9.17) is 32.7 Å². The lowest BCUT2D eigenvalue weighted by molar-refractivity contribution is -0.120. The molecule has 3 rings (SSSR count). The first kappa shape index (κ1) is 18.4. The first-order valence-corrected chi connectivity index (χ1v) is 8.67. The number of amides is 2. The van der Waals surface area contributed by atoms with E-state index >= 15 is 0 Å². The average Bonchev–Trinajstić information content (AvgIpc) is 2.66. The predicted molar refractivity (Wildman–Crippen MR) is 98.1 cm³/mol. The number of nitrogens with one attached hydrogen (secondary N) is 2. The van der Waals surface area contributed by atoms with Crippen molar-refractivity contribution in [2.75, 3.05) is 19.8 Å². The van der Waals surface area contributed by atoms with Crippen molar-refractivity contribution in [3.8, 4) is 11.5 Å². The lowest BCUT2D eigenvalue weighted by Gasteiger charge is -2.19. The molecule has 2 aromatic carbocycles. The highest BCUT2D eigenvalue weighted by Crippen LogP contribution is 2.30. The Hall–Kier alpha value is -2.44. The minimum atomic E-state index is -0.405. The molecule has 0 fully saturated rings. The number of ether oxygens (including phenoxy) is 2. The van der Waals surface area contributed by atoms with E-state index in [1.54, 1.807) is 0 Å². The summed E-state index contributed by atoms with van der Waals surface area (Å²) < 4.78 is 11.0. The smallest absolute Gasteiger partial charge is 0.251 e. The molecule has 8 heteroatoms. The zero-order valence-electron chi connectivity index (χ0n) is 13.7. The van der Waals surface area contributed by atoms with Gasteiger partial charge in [0.25, 0.3) is 5.91 Å². The van der Waals surface area contributed by atoms with Crippen molar-refractivity contribution in [3.63, 3.8) is 0 Å². The summed E-state index contributed by atoms with van der Waals surface area (Å²) in [4.78, 5) is 24.0. The van der Waals surface area contributed by atoms with Gasteiger partial charge in [-0.25, -0.2) is 0 Å². The number of carbonyl (C=O) groups excluding carboxylic acids is 2. The Bertz CT molecular complexity index is 842. The number of hydrogen-bond acceptors (Lipinski definition) is 4. The van der Waals surface area contributed by atoms with Gasteiger partial charge in [0.15, 0.2) is 11.5 Å². The number of hydrogen-bond donors (Lipinski definition) is 2. The van der Waals surface area contributed by atoms with Gasteiger partial charge in [0.05, 0.1) is 16.6 Å². The molecule has 2 aromatic rings. The predicted octanol–water partition coefficient (Wildman–Crippen LogP) is 2.81. The second-order valence-electron chi connectivity index (χ2n) is 5.57. The fraction of sp³-hybridized carbons (Fsp3) is 0.222. The van der Waals surface area contributed by atoms with Crippen LogP contribution in [0.5, 0.6) is 11.5 Å². The van der Waals surface area contributed by atoms with Crippen LogP contribution >= 0.6 is 23.2 Å². The third-order valence-electron chi connectivity index (χ3n) is 3.69. The van der Waals surface area contributed by atoms with Crippen molar-refractivity contribution < 1.29 is 19.1 Å². The maximum absolute atomic E-state index is 12.0. The Kier molecular flexibility index (Phi) is 5.85. The standard InChI is InChI=1S/C18H16Cl2N2O4/c19-13-3-2-12(8-14(13)20)18(24)22-10-17(23)21-9-11-1-4-15-16(7-11)26-6-5-25-15/h1-4,7-8H,5-6,9-10H2,(H,21,23)(H,22,24). The van der Waals surface area contributed by atoms with E-state index in [2.05, 4.69) is 10.6 Å². The van der Waals surface area contributed by atoms with Gasteiger partial charge in [-0.15, -0.1) is 0 Å². The Morgan fingerprint density at radius 2 is 1.69 bits per heavy atom. The highest BCUT2D eigenvalue weighted by molar-refractivity contribution is 6.42. The molecule has 1 aliphatic heterocycles. The van der Waals surface area contributed by atoms with E-state index < -0.39 is 5.91 Å². The van der Waals surface area contributed by atoms with Crippen LogP contribution in [0.15, 0.2) is 36.4 Å². The molecular formula is C18H16Cl2N2O4. The lowest BCUT2D eigenvalue weighted by Crippen LogP contribution is -2.36. The van der Waals surface area contributed by atoms with Crippen LogP contribution in [-0.4, -0.2) is 31.6 Å². The largest absolute Gasteiger partial charge is 0.486 e. The van der Waals surface area contributed by atoms with Crippen LogP contribution in [0.25, 0.3) is 0 Å². The fourth-order valence-electron chi connectivity index (χ4n) is 2.36. The molecule has 0 saturated carbocycles. The summed E-state index contributed by atoms with van der Waals surface area (Å²) in [6.45, 7) is 1.20. The van der Waals surface area contributed by atoms with Gasteiger partial charge in [0, 0.05) is 12.1 Å². The molecular weight excluding hydrogens is 379 g/mol. The molecule has 0 bridgehead atoms. The van der Waals surface area contributed by atoms with Crippen molar-refractivity contribution >= 4 is 35.0 Å². The molecule has 0 radical (unpaired) electrons. The second-order valence-corrected chi connectivity index (χ2v) is 6.38. The van der Waals surface area contributed by atoms with Gasteiger partial charge in [-0.1, -0.05) is 29.3 Å². The van der Waals surface area contributed by atoms with E-state index in [9.17, 15) is 9.59 Å². The van der Waals surface area contributed by atoms with Crippen LogP contribution in [0.4, 0.5) is 0 Å². The normalized spacial score (nSPS) is 12.4. The second kappa shape index (κ2) is 8.29. The molecule has 2 amide bonds. The molecule has 0 unspecified atom stereocenters. The van der Waals surface area contributed by atoms with Gasteiger partial charge in [-0.2, -0.15) is 0 Å². The summed E-state index contributed by atoms with van der Waals surface area (Å²) in [5, 5.41) is 5.91. The van der Waals surface area contributed by atoms with Gasteiger partial charge in [-0.05, 0) is 35.9 Å². The van der Waals surface area contributed by atoms with Crippen molar-refractivity contribution in [3.05, 3.63) is 57.6 Å². The molecule has 0 saturated heterocycles. The number of halogens is 2. The van der Waals surface area contributed by atoms with Crippen LogP contribution in [0, 0.1) is 0 Å². The maximum atomic E-state index is 12.0. The first-order valence-electron chi connectivity index (χ1n) is 7.91. The van der Waals surface area contributed by atoms with E-state index in [0.29, 0.717) is 41.8 Å². The Labute approximate surface area is 160 Å². The summed E-state index contributed by atoms with van der Waals surface area (Å²) >= 11 is 11.7. The van der Waals surface area contributed by atoms with Crippen molar-refractivity contribution in [2.45, 2.75) is 6.54 Å². The molecule has 2 N–H and O–H groups in total. The minimum Gasteiger partial charge on any atom is -0.486 e. The molecule has 0 spiro atoms. The Morgan fingerprint density at radius 1 is 0.923 bits per heavy atom.